The molecular weight excluding hydrogens is 219 g/mol. The van der Waals surface area contributed by atoms with Gasteiger partial charge in [0.05, 0.1) is 11.8 Å². The number of aliphatic hydroxyl groups excluding tert-OH is 1. The third-order valence-corrected chi connectivity index (χ3v) is 3.53. The maximum atomic E-state index is 13.9. The van der Waals surface area contributed by atoms with Crippen molar-refractivity contribution >= 4 is 5.69 Å². The van der Waals surface area contributed by atoms with Crippen LogP contribution in [0.25, 0.3) is 0 Å². The lowest BCUT2D eigenvalue weighted by Gasteiger charge is -2.36. The molecule has 0 amide bonds. The van der Waals surface area contributed by atoms with Gasteiger partial charge in [-0.15, -0.1) is 0 Å². The molecule has 17 heavy (non-hydrogen) atoms. The Morgan fingerprint density at radius 2 is 2.29 bits per heavy atom. The van der Waals surface area contributed by atoms with Crippen LogP contribution in [0.2, 0.25) is 0 Å². The molecule has 1 fully saturated rings. The molecule has 1 aromatic carbocycles. The van der Waals surface area contributed by atoms with Crippen molar-refractivity contribution in [2.45, 2.75) is 26.0 Å². The topological polar surface area (TPSA) is 49.5 Å². The largest absolute Gasteiger partial charge is 0.391 e. The number of hydrogen-bond acceptors (Lipinski definition) is 3. The van der Waals surface area contributed by atoms with E-state index in [-0.39, 0.29) is 11.7 Å². The van der Waals surface area contributed by atoms with Crippen molar-refractivity contribution in [3.63, 3.8) is 0 Å². The predicted octanol–water partition coefficient (Wildman–Crippen LogP) is 1.49. The van der Waals surface area contributed by atoms with Crippen LogP contribution in [-0.2, 0) is 6.54 Å². The Morgan fingerprint density at radius 3 is 2.94 bits per heavy atom. The highest BCUT2D eigenvalue weighted by Gasteiger charge is 2.26. The standard InChI is InChI=1S/C13H19FN2O/c1-9-5-6-16(8-12(9)17)13-10(7-15)3-2-4-11(13)14/h2-4,9,12,17H,5-8,15H2,1H3. The fraction of sp³-hybridized carbons (Fsp3) is 0.538. The van der Waals surface area contributed by atoms with Gasteiger partial charge in [0, 0.05) is 19.6 Å². The highest BCUT2D eigenvalue weighted by molar-refractivity contribution is 5.55. The Balaban J connectivity index is 2.28. The Labute approximate surface area is 101 Å². The van der Waals surface area contributed by atoms with Crippen LogP contribution in [0.3, 0.4) is 0 Å². The summed E-state index contributed by atoms with van der Waals surface area (Å²) in [5.74, 6) is 0.0223. The minimum absolute atomic E-state index is 0.255. The van der Waals surface area contributed by atoms with Crippen molar-refractivity contribution in [2.75, 3.05) is 18.0 Å². The third-order valence-electron chi connectivity index (χ3n) is 3.53. The molecule has 1 saturated heterocycles. The normalized spacial score (nSPS) is 25.1. The van der Waals surface area contributed by atoms with Crippen LogP contribution in [0.1, 0.15) is 18.9 Å². The number of rotatable bonds is 2. The zero-order valence-corrected chi connectivity index (χ0v) is 10.1. The first-order valence-corrected chi connectivity index (χ1v) is 6.04. The molecule has 2 atom stereocenters. The van der Waals surface area contributed by atoms with Gasteiger partial charge in [-0.3, -0.25) is 0 Å². The summed E-state index contributed by atoms with van der Waals surface area (Å²) in [6.07, 6.45) is 0.480. The molecule has 3 N–H and O–H groups in total. The summed E-state index contributed by atoms with van der Waals surface area (Å²) < 4.78 is 13.9. The number of piperidine rings is 1. The van der Waals surface area contributed by atoms with E-state index < -0.39 is 6.10 Å². The Bertz CT molecular complexity index is 397. The maximum Gasteiger partial charge on any atom is 0.146 e. The number of hydrogen-bond donors (Lipinski definition) is 2. The lowest BCUT2D eigenvalue weighted by molar-refractivity contribution is 0.102. The third kappa shape index (κ3) is 2.42. The maximum absolute atomic E-state index is 13.9. The summed E-state index contributed by atoms with van der Waals surface area (Å²) in [7, 11) is 0. The van der Waals surface area contributed by atoms with Gasteiger partial charge >= 0.3 is 0 Å². The molecule has 1 aliphatic rings. The molecule has 0 radical (unpaired) electrons. The van der Waals surface area contributed by atoms with Crippen molar-refractivity contribution in [2.24, 2.45) is 11.7 Å². The van der Waals surface area contributed by atoms with E-state index in [1.165, 1.54) is 6.07 Å². The summed E-state index contributed by atoms with van der Waals surface area (Å²) in [5, 5.41) is 9.87. The number of nitrogens with zero attached hydrogens (tertiary/aromatic N) is 1. The molecule has 94 valence electrons. The van der Waals surface area contributed by atoms with E-state index in [9.17, 15) is 9.50 Å². The van der Waals surface area contributed by atoms with Gasteiger partial charge < -0.3 is 15.7 Å². The second-order valence-electron chi connectivity index (χ2n) is 4.73. The van der Waals surface area contributed by atoms with Crippen LogP contribution >= 0.6 is 0 Å². The Morgan fingerprint density at radius 1 is 1.53 bits per heavy atom. The predicted molar refractivity (Wildman–Crippen MR) is 66.3 cm³/mol. The molecule has 0 spiro atoms. The number of para-hydroxylation sites is 1. The van der Waals surface area contributed by atoms with Crippen molar-refractivity contribution in [1.82, 2.24) is 0 Å². The number of β-amino-alcohol motifs (C(OH)–C–C–N with tert-alkyl or cyclic N) is 1. The summed E-state index contributed by atoms with van der Waals surface area (Å²) >= 11 is 0. The second kappa shape index (κ2) is 5.02. The van der Waals surface area contributed by atoms with E-state index in [4.69, 9.17) is 5.73 Å². The van der Waals surface area contributed by atoms with Gasteiger partial charge in [-0.25, -0.2) is 4.39 Å². The van der Waals surface area contributed by atoms with Crippen molar-refractivity contribution < 1.29 is 9.50 Å². The number of aliphatic hydroxyl groups is 1. The summed E-state index contributed by atoms with van der Waals surface area (Å²) in [5.41, 5.74) is 6.99. The van der Waals surface area contributed by atoms with Gasteiger partial charge in [-0.2, -0.15) is 0 Å². The monoisotopic (exact) mass is 238 g/mol. The minimum atomic E-state index is -0.394. The molecule has 1 aliphatic heterocycles. The molecule has 2 unspecified atom stereocenters. The van der Waals surface area contributed by atoms with Gasteiger partial charge in [0.1, 0.15) is 5.82 Å². The number of nitrogens with two attached hydrogens (primary N) is 1. The SMILES string of the molecule is CC1CCN(c2c(F)cccc2CN)CC1O. The molecular formula is C13H19FN2O. The number of benzene rings is 1. The van der Waals surface area contributed by atoms with E-state index in [0.717, 1.165) is 18.5 Å². The second-order valence-corrected chi connectivity index (χ2v) is 4.73. The van der Waals surface area contributed by atoms with Crippen molar-refractivity contribution in [3.8, 4) is 0 Å². The van der Waals surface area contributed by atoms with Crippen molar-refractivity contribution in [1.29, 1.82) is 0 Å². The van der Waals surface area contributed by atoms with E-state index in [2.05, 4.69) is 0 Å². The smallest absolute Gasteiger partial charge is 0.146 e. The average molecular weight is 238 g/mol. The van der Waals surface area contributed by atoms with E-state index in [1.54, 1.807) is 6.07 Å². The molecule has 0 saturated carbocycles. The van der Waals surface area contributed by atoms with Gasteiger partial charge in [0.25, 0.3) is 0 Å². The average Bonchev–Trinajstić information content (AvgIpc) is 2.32. The molecule has 1 aromatic rings. The zero-order valence-electron chi connectivity index (χ0n) is 10.1. The first-order chi connectivity index (χ1) is 8.13. The molecule has 2 rings (SSSR count). The van der Waals surface area contributed by atoms with Crippen LogP contribution in [0, 0.1) is 11.7 Å². The van der Waals surface area contributed by atoms with Crippen molar-refractivity contribution in [3.05, 3.63) is 29.6 Å². The van der Waals surface area contributed by atoms with Crippen LogP contribution in [0.4, 0.5) is 10.1 Å². The van der Waals surface area contributed by atoms with Gasteiger partial charge in [0.2, 0.25) is 0 Å². The van der Waals surface area contributed by atoms with Crippen LogP contribution < -0.4 is 10.6 Å². The van der Waals surface area contributed by atoms with Gasteiger partial charge in [0.15, 0.2) is 0 Å². The molecule has 1 heterocycles. The van der Waals surface area contributed by atoms with E-state index in [1.807, 2.05) is 17.9 Å². The van der Waals surface area contributed by atoms with Crippen LogP contribution in [0.15, 0.2) is 18.2 Å². The highest BCUT2D eigenvalue weighted by Crippen LogP contribution is 2.28. The molecule has 0 bridgehead atoms. The first-order valence-electron chi connectivity index (χ1n) is 6.04. The first kappa shape index (κ1) is 12.3. The molecule has 0 aliphatic carbocycles. The molecule has 4 heteroatoms. The fourth-order valence-corrected chi connectivity index (χ4v) is 2.33. The van der Waals surface area contributed by atoms with E-state index >= 15 is 0 Å². The zero-order chi connectivity index (χ0) is 12.4. The lowest BCUT2D eigenvalue weighted by atomic mass is 9.95. The van der Waals surface area contributed by atoms with E-state index in [0.29, 0.717) is 18.8 Å². The highest BCUT2D eigenvalue weighted by atomic mass is 19.1. The Kier molecular flexibility index (Phi) is 3.64. The van der Waals surface area contributed by atoms with Gasteiger partial charge in [-0.05, 0) is 24.0 Å². The molecule has 3 nitrogen and oxygen atoms in total. The van der Waals surface area contributed by atoms with Crippen LogP contribution in [-0.4, -0.2) is 24.3 Å². The molecule has 0 aromatic heterocycles. The quantitative estimate of drug-likeness (QED) is 0.820. The minimum Gasteiger partial charge on any atom is -0.391 e. The summed E-state index contributed by atoms with van der Waals surface area (Å²) in [6, 6.07) is 4.95. The summed E-state index contributed by atoms with van der Waals surface area (Å²) in [4.78, 5) is 1.90. The number of halogens is 1. The Hall–Kier alpha value is -1.13. The van der Waals surface area contributed by atoms with Gasteiger partial charge in [-0.1, -0.05) is 19.1 Å². The lowest BCUT2D eigenvalue weighted by Crippen LogP contribution is -2.43. The summed E-state index contributed by atoms with van der Waals surface area (Å²) in [6.45, 7) is 3.59. The number of anilines is 1. The fourth-order valence-electron chi connectivity index (χ4n) is 2.33. The van der Waals surface area contributed by atoms with Crippen LogP contribution in [0.5, 0.6) is 0 Å².